The van der Waals surface area contributed by atoms with Crippen LogP contribution in [-0.4, -0.2) is 30.8 Å². The van der Waals surface area contributed by atoms with Crippen molar-refractivity contribution < 1.29 is 32.2 Å². The van der Waals surface area contributed by atoms with Crippen molar-refractivity contribution >= 4 is 5.97 Å². The zero-order valence-corrected chi connectivity index (χ0v) is 12.7. The van der Waals surface area contributed by atoms with Gasteiger partial charge in [0, 0.05) is 5.56 Å². The normalized spacial score (nSPS) is 10.9. The van der Waals surface area contributed by atoms with Gasteiger partial charge in [-0.05, 0) is 32.0 Å². The lowest BCUT2D eigenvalue weighted by atomic mass is 10.2. The van der Waals surface area contributed by atoms with Gasteiger partial charge < -0.3 is 18.6 Å². The topological polar surface area (TPSA) is 70.8 Å². The Hall–Kier alpha value is -2.64. The maximum absolute atomic E-state index is 12.4. The maximum atomic E-state index is 12.4. The first-order chi connectivity index (χ1) is 10.9. The van der Waals surface area contributed by atoms with Crippen LogP contribution in [0, 0.1) is 0 Å². The molecule has 1 aromatic heterocycles. The Morgan fingerprint density at radius 3 is 2.57 bits per heavy atom. The third-order valence-corrected chi connectivity index (χ3v) is 2.67. The number of methoxy groups -OCH3 is 1. The van der Waals surface area contributed by atoms with Gasteiger partial charge in [0.2, 0.25) is 5.89 Å². The minimum absolute atomic E-state index is 0.00161. The molecule has 1 aromatic carbocycles. The van der Waals surface area contributed by atoms with E-state index in [0.29, 0.717) is 5.56 Å². The molecule has 0 aliphatic carbocycles. The summed E-state index contributed by atoms with van der Waals surface area (Å²) in [7, 11) is 1.22. The van der Waals surface area contributed by atoms with Crippen LogP contribution in [0.5, 0.6) is 11.5 Å². The largest absolute Gasteiger partial charge is 0.487 e. The molecule has 1 heterocycles. The number of rotatable bonds is 6. The van der Waals surface area contributed by atoms with E-state index in [-0.39, 0.29) is 29.2 Å². The Kier molecular flexibility index (Phi) is 5.15. The molecule has 0 radical (unpaired) electrons. The fourth-order valence-corrected chi connectivity index (χ4v) is 1.79. The first-order valence-corrected chi connectivity index (χ1v) is 6.70. The molecule has 8 heteroatoms. The van der Waals surface area contributed by atoms with Crippen LogP contribution in [0.2, 0.25) is 0 Å². The third-order valence-electron chi connectivity index (χ3n) is 2.67. The molecule has 0 N–H and O–H groups in total. The third kappa shape index (κ3) is 4.18. The highest BCUT2D eigenvalue weighted by molar-refractivity contribution is 5.87. The molecule has 0 saturated carbocycles. The van der Waals surface area contributed by atoms with E-state index < -0.39 is 12.6 Å². The molecular formula is C15H15F2NO5. The van der Waals surface area contributed by atoms with Crippen molar-refractivity contribution in [1.29, 1.82) is 0 Å². The molecule has 0 spiro atoms. The van der Waals surface area contributed by atoms with Crippen LogP contribution in [0.4, 0.5) is 8.78 Å². The van der Waals surface area contributed by atoms with Crippen molar-refractivity contribution in [3.63, 3.8) is 0 Å². The average Bonchev–Trinajstić information content (AvgIpc) is 2.97. The summed E-state index contributed by atoms with van der Waals surface area (Å²) in [4.78, 5) is 15.3. The molecule has 6 nitrogen and oxygen atoms in total. The first-order valence-electron chi connectivity index (χ1n) is 6.70. The number of carbonyl (C=O) groups is 1. The van der Waals surface area contributed by atoms with Gasteiger partial charge >= 0.3 is 12.6 Å². The van der Waals surface area contributed by atoms with Crippen molar-refractivity contribution in [1.82, 2.24) is 4.98 Å². The van der Waals surface area contributed by atoms with E-state index in [0.717, 1.165) is 6.26 Å². The quantitative estimate of drug-likeness (QED) is 0.756. The molecule has 0 aliphatic rings. The summed E-state index contributed by atoms with van der Waals surface area (Å²) in [6.07, 6.45) is 0.897. The van der Waals surface area contributed by atoms with Gasteiger partial charge in [-0.1, -0.05) is 0 Å². The van der Waals surface area contributed by atoms with E-state index in [9.17, 15) is 13.6 Å². The smallest absolute Gasteiger partial charge is 0.387 e. The van der Waals surface area contributed by atoms with Crippen LogP contribution in [0.1, 0.15) is 24.3 Å². The second kappa shape index (κ2) is 7.08. The molecule has 0 unspecified atom stereocenters. The Balaban J connectivity index is 2.35. The summed E-state index contributed by atoms with van der Waals surface area (Å²) in [6.45, 7) is 0.529. The number of esters is 1. The number of ether oxygens (including phenoxy) is 3. The molecular weight excluding hydrogens is 312 g/mol. The Morgan fingerprint density at radius 2 is 1.96 bits per heavy atom. The summed E-state index contributed by atoms with van der Waals surface area (Å²) in [6, 6.07) is 4.24. The molecule has 124 valence electrons. The van der Waals surface area contributed by atoms with Crippen LogP contribution in [0.25, 0.3) is 11.5 Å². The molecule has 2 aromatic rings. The zero-order valence-electron chi connectivity index (χ0n) is 12.7. The highest BCUT2D eigenvalue weighted by atomic mass is 19.3. The lowest BCUT2D eigenvalue weighted by Gasteiger charge is -2.15. The molecule has 0 aliphatic heterocycles. The van der Waals surface area contributed by atoms with Crippen LogP contribution < -0.4 is 9.47 Å². The Bertz CT molecular complexity index is 684. The van der Waals surface area contributed by atoms with Gasteiger partial charge in [-0.15, -0.1) is 0 Å². The van der Waals surface area contributed by atoms with Gasteiger partial charge in [-0.3, -0.25) is 0 Å². The van der Waals surface area contributed by atoms with Crippen LogP contribution in [0.15, 0.2) is 28.9 Å². The van der Waals surface area contributed by atoms with Crippen molar-refractivity contribution in [3.8, 4) is 23.0 Å². The predicted molar refractivity (Wildman–Crippen MR) is 75.7 cm³/mol. The highest BCUT2D eigenvalue weighted by Gasteiger charge is 2.17. The van der Waals surface area contributed by atoms with Gasteiger partial charge in [0.05, 0.1) is 13.2 Å². The zero-order chi connectivity index (χ0) is 17.0. The summed E-state index contributed by atoms with van der Waals surface area (Å²) < 4.78 is 44.5. The van der Waals surface area contributed by atoms with E-state index in [1.807, 2.05) is 0 Å². The number of oxazole rings is 1. The number of hydrogen-bond acceptors (Lipinski definition) is 6. The summed E-state index contributed by atoms with van der Waals surface area (Å²) in [5.41, 5.74) is 0.444. The van der Waals surface area contributed by atoms with Gasteiger partial charge in [-0.25, -0.2) is 9.78 Å². The first kappa shape index (κ1) is 16.7. The van der Waals surface area contributed by atoms with Crippen molar-refractivity contribution in [2.75, 3.05) is 7.11 Å². The van der Waals surface area contributed by atoms with Gasteiger partial charge in [0.15, 0.2) is 17.2 Å². The minimum atomic E-state index is -2.97. The predicted octanol–water partition coefficient (Wildman–Crippen LogP) is 3.52. The summed E-state index contributed by atoms with van der Waals surface area (Å²) in [5, 5.41) is 0. The monoisotopic (exact) mass is 327 g/mol. The van der Waals surface area contributed by atoms with Gasteiger partial charge in [0.25, 0.3) is 0 Å². The van der Waals surface area contributed by atoms with Gasteiger partial charge in [0.1, 0.15) is 6.26 Å². The lowest BCUT2D eigenvalue weighted by Crippen LogP contribution is -2.09. The van der Waals surface area contributed by atoms with E-state index >= 15 is 0 Å². The minimum Gasteiger partial charge on any atom is -0.487 e. The molecule has 2 rings (SSSR count). The van der Waals surface area contributed by atoms with Crippen molar-refractivity contribution in [2.24, 2.45) is 0 Å². The molecule has 23 heavy (non-hydrogen) atoms. The SMILES string of the molecule is COC(=O)c1coc(-c2ccc(OC(F)F)c(OC(C)C)c2)n1. The number of halogens is 2. The highest BCUT2D eigenvalue weighted by Crippen LogP contribution is 2.34. The number of hydrogen-bond donors (Lipinski definition) is 0. The second-order valence-corrected chi connectivity index (χ2v) is 4.74. The fraction of sp³-hybridized carbons (Fsp3) is 0.333. The van der Waals surface area contributed by atoms with Crippen LogP contribution in [0.3, 0.4) is 0 Å². The van der Waals surface area contributed by atoms with E-state index in [4.69, 9.17) is 9.15 Å². The number of nitrogens with zero attached hydrogens (tertiary/aromatic N) is 1. The number of carbonyl (C=O) groups excluding carboxylic acids is 1. The summed E-state index contributed by atoms with van der Waals surface area (Å²) in [5.74, 6) is -0.494. The second-order valence-electron chi connectivity index (χ2n) is 4.74. The molecule has 0 saturated heterocycles. The maximum Gasteiger partial charge on any atom is 0.387 e. The standard InChI is InChI=1S/C15H15F2NO5/c1-8(2)22-12-6-9(4-5-11(12)23-15(16)17)13-18-10(7-21-13)14(19)20-3/h4-8,15H,1-3H3. The molecule has 0 fully saturated rings. The van der Waals surface area contributed by atoms with Crippen molar-refractivity contribution in [3.05, 3.63) is 30.2 Å². The number of benzene rings is 1. The number of aromatic nitrogens is 1. The van der Waals surface area contributed by atoms with E-state index in [1.165, 1.54) is 25.3 Å². The van der Waals surface area contributed by atoms with E-state index in [2.05, 4.69) is 14.5 Å². The average molecular weight is 327 g/mol. The van der Waals surface area contributed by atoms with Crippen LogP contribution >= 0.6 is 0 Å². The molecule has 0 amide bonds. The fourth-order valence-electron chi connectivity index (χ4n) is 1.79. The lowest BCUT2D eigenvalue weighted by molar-refractivity contribution is -0.0518. The van der Waals surface area contributed by atoms with Crippen LogP contribution in [-0.2, 0) is 4.74 Å². The molecule has 0 atom stereocenters. The van der Waals surface area contributed by atoms with E-state index in [1.54, 1.807) is 13.8 Å². The Morgan fingerprint density at radius 1 is 1.22 bits per heavy atom. The van der Waals surface area contributed by atoms with Crippen molar-refractivity contribution in [2.45, 2.75) is 26.6 Å². The summed E-state index contributed by atoms with van der Waals surface area (Å²) >= 11 is 0. The molecule has 0 bridgehead atoms. The Labute approximate surface area is 131 Å². The van der Waals surface area contributed by atoms with Gasteiger partial charge in [-0.2, -0.15) is 8.78 Å². The number of alkyl halides is 2.